The van der Waals surface area contributed by atoms with Gasteiger partial charge in [-0.2, -0.15) is 0 Å². The SMILES string of the molecule is COCCCS(=O)CC(=O)c1cc(F)ccc1F. The van der Waals surface area contributed by atoms with Crippen LogP contribution in [0.2, 0.25) is 0 Å². The van der Waals surface area contributed by atoms with Gasteiger partial charge in [0.15, 0.2) is 5.78 Å². The number of ketones is 1. The van der Waals surface area contributed by atoms with Gasteiger partial charge in [-0.15, -0.1) is 0 Å². The molecule has 1 unspecified atom stereocenters. The molecule has 0 heterocycles. The lowest BCUT2D eigenvalue weighted by atomic mass is 10.1. The molecule has 0 amide bonds. The lowest BCUT2D eigenvalue weighted by molar-refractivity contribution is 0.101. The zero-order chi connectivity index (χ0) is 13.5. The Kier molecular flexibility index (Phi) is 6.07. The Morgan fingerprint density at radius 2 is 2.11 bits per heavy atom. The van der Waals surface area contributed by atoms with E-state index in [9.17, 15) is 17.8 Å². The normalized spacial score (nSPS) is 12.4. The number of ether oxygens (including phenoxy) is 1. The van der Waals surface area contributed by atoms with Crippen LogP contribution in [0.3, 0.4) is 0 Å². The minimum Gasteiger partial charge on any atom is -0.385 e. The Hall–Kier alpha value is -1.14. The van der Waals surface area contributed by atoms with Crippen LogP contribution in [0, 0.1) is 11.6 Å². The van der Waals surface area contributed by atoms with E-state index in [0.717, 1.165) is 18.2 Å². The van der Waals surface area contributed by atoms with Crippen LogP contribution in [-0.2, 0) is 15.5 Å². The zero-order valence-electron chi connectivity index (χ0n) is 9.95. The van der Waals surface area contributed by atoms with Gasteiger partial charge < -0.3 is 4.74 Å². The van der Waals surface area contributed by atoms with Crippen molar-refractivity contribution in [3.63, 3.8) is 0 Å². The fraction of sp³-hybridized carbons (Fsp3) is 0.417. The number of halogens is 2. The van der Waals surface area contributed by atoms with Crippen molar-refractivity contribution in [2.45, 2.75) is 6.42 Å². The van der Waals surface area contributed by atoms with E-state index in [1.807, 2.05) is 0 Å². The van der Waals surface area contributed by atoms with Gasteiger partial charge in [0, 0.05) is 30.3 Å². The van der Waals surface area contributed by atoms with Crippen LogP contribution in [0.4, 0.5) is 8.78 Å². The number of carbonyl (C=O) groups is 1. The molecule has 1 rings (SSSR count). The van der Waals surface area contributed by atoms with Crippen molar-refractivity contribution in [3.05, 3.63) is 35.4 Å². The maximum Gasteiger partial charge on any atom is 0.178 e. The summed E-state index contributed by atoms with van der Waals surface area (Å²) >= 11 is 0. The molecular weight excluding hydrogens is 262 g/mol. The molecule has 18 heavy (non-hydrogen) atoms. The van der Waals surface area contributed by atoms with E-state index in [4.69, 9.17) is 4.74 Å². The van der Waals surface area contributed by atoms with Gasteiger partial charge >= 0.3 is 0 Å². The van der Waals surface area contributed by atoms with Crippen molar-refractivity contribution >= 4 is 16.6 Å². The summed E-state index contributed by atoms with van der Waals surface area (Å²) < 4.78 is 42.5. The molecule has 1 aromatic rings. The second-order valence-electron chi connectivity index (χ2n) is 3.68. The molecule has 0 radical (unpaired) electrons. The van der Waals surface area contributed by atoms with E-state index in [1.54, 1.807) is 0 Å². The van der Waals surface area contributed by atoms with Crippen molar-refractivity contribution < 1.29 is 22.5 Å². The first-order valence-corrected chi connectivity index (χ1v) is 6.85. The molecule has 0 aliphatic carbocycles. The van der Waals surface area contributed by atoms with Gasteiger partial charge in [0.2, 0.25) is 0 Å². The number of hydrogen-bond acceptors (Lipinski definition) is 3. The summed E-state index contributed by atoms with van der Waals surface area (Å²) in [5.74, 6) is -2.14. The summed E-state index contributed by atoms with van der Waals surface area (Å²) in [6.07, 6.45) is 0.558. The fourth-order valence-electron chi connectivity index (χ4n) is 1.37. The smallest absolute Gasteiger partial charge is 0.178 e. The Morgan fingerprint density at radius 1 is 1.39 bits per heavy atom. The molecule has 0 saturated carbocycles. The minimum atomic E-state index is -1.39. The predicted octanol–water partition coefficient (Wildman–Crippen LogP) is 1.93. The predicted molar refractivity (Wildman–Crippen MR) is 65.1 cm³/mol. The third-order valence-corrected chi connectivity index (χ3v) is 3.57. The highest BCUT2D eigenvalue weighted by Gasteiger charge is 2.15. The molecule has 0 spiro atoms. The number of rotatable bonds is 7. The first kappa shape index (κ1) is 14.9. The summed E-state index contributed by atoms with van der Waals surface area (Å²) in [6, 6.07) is 2.64. The second-order valence-corrected chi connectivity index (χ2v) is 5.26. The number of hydrogen-bond donors (Lipinski definition) is 0. The number of Topliss-reactive ketones (excluding diaryl/α,β-unsaturated/α-hetero) is 1. The Labute approximate surface area is 107 Å². The zero-order valence-corrected chi connectivity index (χ0v) is 10.8. The van der Waals surface area contributed by atoms with E-state index in [-0.39, 0.29) is 11.3 Å². The molecule has 0 fully saturated rings. The molecule has 3 nitrogen and oxygen atoms in total. The standard InChI is InChI=1S/C12H14F2O3S/c1-17-5-2-6-18(16)8-12(15)10-7-9(13)3-4-11(10)14/h3-4,7H,2,5-6,8H2,1H3. The van der Waals surface area contributed by atoms with Crippen LogP contribution in [0.15, 0.2) is 18.2 Å². The fourth-order valence-corrected chi connectivity index (χ4v) is 2.40. The maximum atomic E-state index is 13.3. The van der Waals surface area contributed by atoms with E-state index in [0.29, 0.717) is 18.8 Å². The van der Waals surface area contributed by atoms with E-state index < -0.39 is 28.2 Å². The van der Waals surface area contributed by atoms with E-state index >= 15 is 0 Å². The third-order valence-electron chi connectivity index (χ3n) is 2.24. The van der Waals surface area contributed by atoms with Gasteiger partial charge in [-0.05, 0) is 24.6 Å². The van der Waals surface area contributed by atoms with Crippen LogP contribution < -0.4 is 0 Å². The van der Waals surface area contributed by atoms with Crippen LogP contribution in [0.25, 0.3) is 0 Å². The first-order valence-electron chi connectivity index (χ1n) is 5.36. The largest absolute Gasteiger partial charge is 0.385 e. The average Bonchev–Trinajstić information content (AvgIpc) is 2.32. The van der Waals surface area contributed by atoms with Gasteiger partial charge in [0.05, 0.1) is 11.3 Å². The summed E-state index contributed by atoms with van der Waals surface area (Å²) in [6.45, 7) is 0.453. The number of carbonyl (C=O) groups excluding carboxylic acids is 1. The van der Waals surface area contributed by atoms with Crippen molar-refractivity contribution in [3.8, 4) is 0 Å². The Balaban J connectivity index is 2.59. The molecule has 1 aromatic carbocycles. The van der Waals surface area contributed by atoms with Gasteiger partial charge in [-0.1, -0.05) is 0 Å². The molecule has 0 aliphatic rings. The van der Waals surface area contributed by atoms with Crippen molar-refractivity contribution in [1.82, 2.24) is 0 Å². The lowest BCUT2D eigenvalue weighted by Gasteiger charge is -2.03. The summed E-state index contributed by atoms with van der Waals surface area (Å²) in [5.41, 5.74) is -0.352. The molecule has 100 valence electrons. The number of methoxy groups -OCH3 is 1. The van der Waals surface area contributed by atoms with E-state index in [2.05, 4.69) is 0 Å². The second kappa shape index (κ2) is 7.33. The van der Waals surface area contributed by atoms with Gasteiger partial charge in [0.1, 0.15) is 11.6 Å². The minimum absolute atomic E-state index is 0.302. The lowest BCUT2D eigenvalue weighted by Crippen LogP contribution is -2.15. The van der Waals surface area contributed by atoms with Crippen LogP contribution in [0.1, 0.15) is 16.8 Å². The third kappa shape index (κ3) is 4.62. The monoisotopic (exact) mass is 276 g/mol. The van der Waals surface area contributed by atoms with Crippen molar-refractivity contribution in [2.75, 3.05) is 25.2 Å². The average molecular weight is 276 g/mol. The van der Waals surface area contributed by atoms with Crippen LogP contribution in [-0.4, -0.2) is 35.2 Å². The van der Waals surface area contributed by atoms with Gasteiger partial charge in [-0.25, -0.2) is 8.78 Å². The summed E-state index contributed by atoms with van der Waals surface area (Å²) in [5, 5.41) is 0. The highest BCUT2D eigenvalue weighted by Crippen LogP contribution is 2.11. The Morgan fingerprint density at radius 3 is 2.78 bits per heavy atom. The van der Waals surface area contributed by atoms with Crippen LogP contribution >= 0.6 is 0 Å². The highest BCUT2D eigenvalue weighted by molar-refractivity contribution is 7.85. The maximum absolute atomic E-state index is 13.3. The molecular formula is C12H14F2O3S. The topological polar surface area (TPSA) is 43.4 Å². The molecule has 1 atom stereocenters. The summed E-state index contributed by atoms with van der Waals surface area (Å²) in [4.78, 5) is 11.6. The molecule has 0 aromatic heterocycles. The molecule has 6 heteroatoms. The number of benzene rings is 1. The highest BCUT2D eigenvalue weighted by atomic mass is 32.2. The van der Waals surface area contributed by atoms with Gasteiger partial charge in [0.25, 0.3) is 0 Å². The quantitative estimate of drug-likeness (QED) is 0.564. The van der Waals surface area contributed by atoms with Gasteiger partial charge in [-0.3, -0.25) is 9.00 Å². The molecule has 0 bridgehead atoms. The summed E-state index contributed by atoms with van der Waals surface area (Å²) in [7, 11) is 0.138. The molecule has 0 aliphatic heterocycles. The van der Waals surface area contributed by atoms with Crippen molar-refractivity contribution in [1.29, 1.82) is 0 Å². The molecule has 0 saturated heterocycles. The Bertz CT molecular complexity index is 449. The van der Waals surface area contributed by atoms with Crippen LogP contribution in [0.5, 0.6) is 0 Å². The molecule has 0 N–H and O–H groups in total. The van der Waals surface area contributed by atoms with Crippen molar-refractivity contribution in [2.24, 2.45) is 0 Å². The first-order chi connectivity index (χ1) is 8.54. The van der Waals surface area contributed by atoms with E-state index in [1.165, 1.54) is 7.11 Å².